The summed E-state index contributed by atoms with van der Waals surface area (Å²) in [6, 6.07) is 14.6. The molecule has 2 aromatic rings. The number of rotatable bonds is 4. The van der Waals surface area contributed by atoms with E-state index >= 15 is 0 Å². The smallest absolute Gasteiger partial charge is 0.0503 e. The fourth-order valence-corrected chi connectivity index (χ4v) is 2.30. The van der Waals surface area contributed by atoms with Gasteiger partial charge in [-0.25, -0.2) is 0 Å². The normalized spacial score (nSPS) is 12.6. The van der Waals surface area contributed by atoms with Crippen molar-refractivity contribution in [2.45, 2.75) is 19.3 Å². The monoisotopic (exact) mass is 226 g/mol. The Morgan fingerprint density at radius 1 is 1.18 bits per heavy atom. The van der Waals surface area contributed by atoms with Gasteiger partial charge in [0.2, 0.25) is 0 Å². The van der Waals surface area contributed by atoms with E-state index in [1.807, 2.05) is 19.1 Å². The second kappa shape index (κ2) is 5.15. The standard InChI is InChI=1S/C16H18O/c1-12(2)10-14(11-17)16-9-5-7-13-6-3-4-8-15(13)16/h3-9,14,17H,1,10-11H2,2H3. The maximum absolute atomic E-state index is 9.55. The van der Waals surface area contributed by atoms with Crippen LogP contribution in [0.5, 0.6) is 0 Å². The molecule has 88 valence electrons. The second-order valence-corrected chi connectivity index (χ2v) is 4.61. The first-order chi connectivity index (χ1) is 8.22. The van der Waals surface area contributed by atoms with Crippen LogP contribution in [0, 0.1) is 0 Å². The van der Waals surface area contributed by atoms with Crippen LogP contribution in [0.15, 0.2) is 54.6 Å². The largest absolute Gasteiger partial charge is 0.396 e. The van der Waals surface area contributed by atoms with E-state index in [0.717, 1.165) is 12.0 Å². The van der Waals surface area contributed by atoms with Gasteiger partial charge in [-0.15, -0.1) is 6.58 Å². The Kier molecular flexibility index (Phi) is 3.60. The molecule has 1 unspecified atom stereocenters. The molecule has 2 aromatic carbocycles. The van der Waals surface area contributed by atoms with Crippen molar-refractivity contribution in [3.05, 3.63) is 60.2 Å². The fourth-order valence-electron chi connectivity index (χ4n) is 2.30. The maximum Gasteiger partial charge on any atom is 0.0503 e. The van der Waals surface area contributed by atoms with Crippen molar-refractivity contribution >= 4 is 10.8 Å². The first-order valence-corrected chi connectivity index (χ1v) is 5.95. The lowest BCUT2D eigenvalue weighted by Crippen LogP contribution is -2.05. The number of aliphatic hydroxyl groups excluding tert-OH is 1. The van der Waals surface area contributed by atoms with E-state index in [2.05, 4.69) is 36.9 Å². The lowest BCUT2D eigenvalue weighted by Gasteiger charge is -2.17. The van der Waals surface area contributed by atoms with Crippen molar-refractivity contribution in [3.63, 3.8) is 0 Å². The lowest BCUT2D eigenvalue weighted by atomic mass is 9.90. The quantitative estimate of drug-likeness (QED) is 0.784. The Labute approximate surface area is 102 Å². The van der Waals surface area contributed by atoms with Crippen LogP contribution in [-0.2, 0) is 0 Å². The topological polar surface area (TPSA) is 20.2 Å². The first-order valence-electron chi connectivity index (χ1n) is 5.95. The van der Waals surface area contributed by atoms with Crippen molar-refractivity contribution in [1.29, 1.82) is 0 Å². The highest BCUT2D eigenvalue weighted by Crippen LogP contribution is 2.29. The molecular formula is C16H18O. The molecule has 0 saturated heterocycles. The third kappa shape index (κ3) is 2.56. The van der Waals surface area contributed by atoms with Gasteiger partial charge in [0, 0.05) is 5.92 Å². The SMILES string of the molecule is C=C(C)CC(CO)c1cccc2ccccc12. The van der Waals surface area contributed by atoms with Crippen LogP contribution in [0.4, 0.5) is 0 Å². The molecule has 1 N–H and O–H groups in total. The second-order valence-electron chi connectivity index (χ2n) is 4.61. The van der Waals surface area contributed by atoms with E-state index in [0.29, 0.717) is 0 Å². The molecule has 0 aliphatic heterocycles. The van der Waals surface area contributed by atoms with Crippen LogP contribution in [0.3, 0.4) is 0 Å². The van der Waals surface area contributed by atoms with Crippen LogP contribution < -0.4 is 0 Å². The van der Waals surface area contributed by atoms with E-state index < -0.39 is 0 Å². The Balaban J connectivity index is 2.49. The Morgan fingerprint density at radius 3 is 2.59 bits per heavy atom. The minimum absolute atomic E-state index is 0.151. The number of allylic oxidation sites excluding steroid dienone is 1. The molecule has 17 heavy (non-hydrogen) atoms. The molecule has 0 aliphatic rings. The summed E-state index contributed by atoms with van der Waals surface area (Å²) < 4.78 is 0. The highest BCUT2D eigenvalue weighted by molar-refractivity contribution is 5.86. The van der Waals surface area contributed by atoms with Gasteiger partial charge in [-0.2, -0.15) is 0 Å². The summed E-state index contributed by atoms with van der Waals surface area (Å²) >= 11 is 0. The van der Waals surface area contributed by atoms with E-state index in [1.165, 1.54) is 16.3 Å². The maximum atomic E-state index is 9.55. The van der Waals surface area contributed by atoms with Gasteiger partial charge in [0.1, 0.15) is 0 Å². The molecule has 0 aromatic heterocycles. The summed E-state index contributed by atoms with van der Waals surface area (Å²) in [5, 5.41) is 12.0. The number of hydrogen-bond donors (Lipinski definition) is 1. The van der Waals surface area contributed by atoms with Gasteiger partial charge in [0.15, 0.2) is 0 Å². The van der Waals surface area contributed by atoms with Gasteiger partial charge in [-0.1, -0.05) is 48.0 Å². The zero-order valence-corrected chi connectivity index (χ0v) is 10.2. The number of benzene rings is 2. The molecule has 2 rings (SSSR count). The third-order valence-electron chi connectivity index (χ3n) is 3.08. The van der Waals surface area contributed by atoms with Crippen LogP contribution in [0.25, 0.3) is 10.8 Å². The molecule has 0 radical (unpaired) electrons. The zero-order chi connectivity index (χ0) is 12.3. The molecule has 1 heteroatoms. The minimum atomic E-state index is 0.151. The average Bonchev–Trinajstić information content (AvgIpc) is 2.35. The lowest BCUT2D eigenvalue weighted by molar-refractivity contribution is 0.265. The van der Waals surface area contributed by atoms with Crippen molar-refractivity contribution < 1.29 is 5.11 Å². The van der Waals surface area contributed by atoms with Crippen LogP contribution >= 0.6 is 0 Å². The van der Waals surface area contributed by atoms with Crippen molar-refractivity contribution in [1.82, 2.24) is 0 Å². The average molecular weight is 226 g/mol. The first kappa shape index (κ1) is 11.9. The predicted octanol–water partition coefficient (Wildman–Crippen LogP) is 3.88. The molecule has 0 bridgehead atoms. The predicted molar refractivity (Wildman–Crippen MR) is 73.2 cm³/mol. The summed E-state index contributed by atoms with van der Waals surface area (Å²) in [7, 11) is 0. The van der Waals surface area contributed by atoms with E-state index in [4.69, 9.17) is 0 Å². The van der Waals surface area contributed by atoms with Gasteiger partial charge in [-0.05, 0) is 29.7 Å². The Morgan fingerprint density at radius 2 is 1.88 bits per heavy atom. The molecule has 1 nitrogen and oxygen atoms in total. The molecule has 0 fully saturated rings. The zero-order valence-electron chi connectivity index (χ0n) is 10.2. The van der Waals surface area contributed by atoms with Gasteiger partial charge < -0.3 is 5.11 Å². The van der Waals surface area contributed by atoms with Gasteiger partial charge in [-0.3, -0.25) is 0 Å². The summed E-state index contributed by atoms with van der Waals surface area (Å²) in [5.41, 5.74) is 2.32. The summed E-state index contributed by atoms with van der Waals surface area (Å²) in [5.74, 6) is 0.151. The molecule has 0 spiro atoms. The number of fused-ring (bicyclic) bond motifs is 1. The highest BCUT2D eigenvalue weighted by atomic mass is 16.3. The molecular weight excluding hydrogens is 208 g/mol. The van der Waals surface area contributed by atoms with E-state index in [1.54, 1.807) is 0 Å². The van der Waals surface area contributed by atoms with E-state index in [9.17, 15) is 5.11 Å². The summed E-state index contributed by atoms with van der Waals surface area (Å²) in [6.45, 7) is 6.11. The van der Waals surface area contributed by atoms with Crippen LogP contribution in [0.1, 0.15) is 24.8 Å². The van der Waals surface area contributed by atoms with Crippen molar-refractivity contribution in [2.75, 3.05) is 6.61 Å². The highest BCUT2D eigenvalue weighted by Gasteiger charge is 2.13. The molecule has 0 amide bonds. The summed E-state index contributed by atoms with van der Waals surface area (Å²) in [4.78, 5) is 0. The number of aliphatic hydroxyl groups is 1. The number of hydrogen-bond acceptors (Lipinski definition) is 1. The van der Waals surface area contributed by atoms with Gasteiger partial charge >= 0.3 is 0 Å². The Bertz CT molecular complexity index is 523. The third-order valence-corrected chi connectivity index (χ3v) is 3.08. The van der Waals surface area contributed by atoms with Gasteiger partial charge in [0.05, 0.1) is 6.61 Å². The summed E-state index contributed by atoms with van der Waals surface area (Å²) in [6.07, 6.45) is 0.838. The van der Waals surface area contributed by atoms with Crippen LogP contribution in [-0.4, -0.2) is 11.7 Å². The molecule has 0 saturated carbocycles. The minimum Gasteiger partial charge on any atom is -0.396 e. The van der Waals surface area contributed by atoms with Crippen LogP contribution in [0.2, 0.25) is 0 Å². The van der Waals surface area contributed by atoms with Gasteiger partial charge in [0.25, 0.3) is 0 Å². The fraction of sp³-hybridized carbons (Fsp3) is 0.250. The molecule has 0 heterocycles. The molecule has 0 aliphatic carbocycles. The Hall–Kier alpha value is -1.60. The van der Waals surface area contributed by atoms with Crippen molar-refractivity contribution in [2.24, 2.45) is 0 Å². The molecule has 1 atom stereocenters. The van der Waals surface area contributed by atoms with E-state index in [-0.39, 0.29) is 12.5 Å². The van der Waals surface area contributed by atoms with Crippen molar-refractivity contribution in [3.8, 4) is 0 Å².